The predicted octanol–water partition coefficient (Wildman–Crippen LogP) is 4.78. The highest BCUT2D eigenvalue weighted by Gasteiger charge is 2.19. The van der Waals surface area contributed by atoms with Crippen molar-refractivity contribution in [3.63, 3.8) is 0 Å². The molecule has 0 unspecified atom stereocenters. The summed E-state index contributed by atoms with van der Waals surface area (Å²) in [4.78, 5) is 30.3. The average Bonchev–Trinajstić information content (AvgIpc) is 2.87. The molecule has 0 atom stereocenters. The summed E-state index contributed by atoms with van der Waals surface area (Å²) in [6.07, 6.45) is 0.675. The highest BCUT2D eigenvalue weighted by Crippen LogP contribution is 2.27. The first kappa shape index (κ1) is 22.7. The van der Waals surface area contributed by atoms with E-state index in [2.05, 4.69) is 6.07 Å². The average molecular weight is 453 g/mol. The summed E-state index contributed by atoms with van der Waals surface area (Å²) in [5.74, 6) is 1.51. The fraction of sp³-hybridized carbons (Fsp3) is 0.185. The monoisotopic (exact) mass is 453 g/mol. The Hall–Kier alpha value is -4.44. The summed E-state index contributed by atoms with van der Waals surface area (Å²) in [5, 5.41) is 9.39. The van der Waals surface area contributed by atoms with Crippen molar-refractivity contribution < 1.29 is 14.3 Å². The molecule has 7 nitrogen and oxygen atoms in total. The molecule has 1 aromatic heterocycles. The van der Waals surface area contributed by atoms with Crippen LogP contribution in [0.5, 0.6) is 11.5 Å². The van der Waals surface area contributed by atoms with Gasteiger partial charge in [0.25, 0.3) is 5.56 Å². The fourth-order valence-corrected chi connectivity index (χ4v) is 3.72. The molecule has 34 heavy (non-hydrogen) atoms. The zero-order valence-electron chi connectivity index (χ0n) is 19.1. The molecule has 0 spiro atoms. The van der Waals surface area contributed by atoms with Crippen LogP contribution in [-0.2, 0) is 6.61 Å². The number of rotatable bonds is 7. The van der Waals surface area contributed by atoms with Gasteiger partial charge in [0.2, 0.25) is 0 Å². The predicted molar refractivity (Wildman–Crippen MR) is 129 cm³/mol. The lowest BCUT2D eigenvalue weighted by Crippen LogP contribution is -2.25. The third-order valence-electron chi connectivity index (χ3n) is 5.51. The van der Waals surface area contributed by atoms with E-state index in [9.17, 15) is 9.59 Å². The molecule has 7 heteroatoms. The largest absolute Gasteiger partial charge is 0.497 e. The highest BCUT2D eigenvalue weighted by molar-refractivity contribution is 5.98. The summed E-state index contributed by atoms with van der Waals surface area (Å²) in [7, 11) is 1.60. The molecule has 0 fully saturated rings. The van der Waals surface area contributed by atoms with Crippen LogP contribution in [0.25, 0.3) is 16.6 Å². The number of fused-ring (bicyclic) bond motifs is 1. The zero-order chi connectivity index (χ0) is 24.2. The second kappa shape index (κ2) is 9.59. The van der Waals surface area contributed by atoms with Crippen molar-refractivity contribution >= 4 is 17.2 Å². The minimum Gasteiger partial charge on any atom is -0.497 e. The van der Waals surface area contributed by atoms with Gasteiger partial charge in [0, 0.05) is 5.92 Å². The van der Waals surface area contributed by atoms with Gasteiger partial charge < -0.3 is 9.47 Å². The first-order chi connectivity index (χ1) is 16.5. The number of nitriles is 1. The first-order valence-corrected chi connectivity index (χ1v) is 10.8. The van der Waals surface area contributed by atoms with E-state index in [-0.39, 0.29) is 23.6 Å². The van der Waals surface area contributed by atoms with Crippen LogP contribution in [0.3, 0.4) is 0 Å². The quantitative estimate of drug-likeness (QED) is 0.374. The van der Waals surface area contributed by atoms with E-state index in [4.69, 9.17) is 19.7 Å². The molecule has 0 saturated heterocycles. The van der Waals surface area contributed by atoms with Gasteiger partial charge in [-0.3, -0.25) is 14.2 Å². The van der Waals surface area contributed by atoms with Crippen LogP contribution in [0.4, 0.5) is 0 Å². The van der Waals surface area contributed by atoms with Crippen molar-refractivity contribution in [2.45, 2.75) is 26.4 Å². The fourth-order valence-electron chi connectivity index (χ4n) is 3.72. The molecule has 1 heterocycles. The van der Waals surface area contributed by atoms with E-state index >= 15 is 0 Å². The molecule has 0 aliphatic rings. The third kappa shape index (κ3) is 4.26. The molecule has 4 aromatic rings. The molecular weight excluding hydrogens is 430 g/mol. The van der Waals surface area contributed by atoms with Crippen molar-refractivity contribution in [3.8, 4) is 23.3 Å². The topological polar surface area (TPSA) is 94.2 Å². The molecule has 0 aliphatic carbocycles. The number of hydrogen-bond acceptors (Lipinski definition) is 6. The molecule has 0 N–H and O–H groups in total. The van der Waals surface area contributed by atoms with Gasteiger partial charge in [0.05, 0.1) is 40.9 Å². The molecule has 0 saturated carbocycles. The van der Waals surface area contributed by atoms with Crippen molar-refractivity contribution in [1.82, 2.24) is 9.55 Å². The molecule has 4 rings (SSSR count). The number of hydrogen-bond donors (Lipinski definition) is 0. The van der Waals surface area contributed by atoms with Crippen LogP contribution in [-0.4, -0.2) is 22.9 Å². The van der Waals surface area contributed by atoms with Crippen LogP contribution in [0.2, 0.25) is 0 Å². The lowest BCUT2D eigenvalue weighted by molar-refractivity contribution is 0.112. The Kier molecular flexibility index (Phi) is 6.42. The molecule has 0 aliphatic heterocycles. The third-order valence-corrected chi connectivity index (χ3v) is 5.51. The Balaban J connectivity index is 1.80. The van der Waals surface area contributed by atoms with Gasteiger partial charge in [0.15, 0.2) is 6.29 Å². The van der Waals surface area contributed by atoms with Crippen LogP contribution >= 0.6 is 0 Å². The number of aldehydes is 1. The number of benzene rings is 3. The van der Waals surface area contributed by atoms with E-state index in [1.165, 1.54) is 4.57 Å². The van der Waals surface area contributed by atoms with Crippen molar-refractivity contribution in [1.29, 1.82) is 5.26 Å². The minimum atomic E-state index is -0.289. The number of carbonyl (C=O) groups excluding carboxylic acids is 1. The number of methoxy groups -OCH3 is 1. The van der Waals surface area contributed by atoms with Crippen LogP contribution in [0.1, 0.15) is 47.1 Å². The van der Waals surface area contributed by atoms with E-state index in [0.29, 0.717) is 40.0 Å². The molecule has 0 bridgehead atoms. The maximum absolute atomic E-state index is 13.5. The Morgan fingerprint density at radius 2 is 1.76 bits per heavy atom. The van der Waals surface area contributed by atoms with Gasteiger partial charge in [-0.1, -0.05) is 26.0 Å². The Morgan fingerprint density at radius 3 is 2.35 bits per heavy atom. The van der Waals surface area contributed by atoms with Crippen LogP contribution in [0, 0.1) is 11.3 Å². The van der Waals surface area contributed by atoms with Crippen molar-refractivity contribution in [2.24, 2.45) is 0 Å². The van der Waals surface area contributed by atoms with Gasteiger partial charge in [-0.2, -0.15) is 5.26 Å². The molecule has 170 valence electrons. The molecule has 0 amide bonds. The summed E-state index contributed by atoms with van der Waals surface area (Å²) in [6, 6.07) is 19.5. The zero-order valence-corrected chi connectivity index (χ0v) is 19.1. The van der Waals surface area contributed by atoms with E-state index < -0.39 is 0 Å². The van der Waals surface area contributed by atoms with Crippen LogP contribution < -0.4 is 15.0 Å². The van der Waals surface area contributed by atoms with Gasteiger partial charge in [0.1, 0.15) is 23.9 Å². The van der Waals surface area contributed by atoms with Crippen molar-refractivity contribution in [2.75, 3.05) is 7.11 Å². The van der Waals surface area contributed by atoms with Crippen LogP contribution in [0.15, 0.2) is 65.5 Å². The van der Waals surface area contributed by atoms with Gasteiger partial charge in [-0.05, 0) is 54.1 Å². The minimum absolute atomic E-state index is 0.101. The summed E-state index contributed by atoms with van der Waals surface area (Å²) in [5.41, 5.74) is 2.26. The molecule has 0 radical (unpaired) electrons. The second-order valence-corrected chi connectivity index (χ2v) is 8.05. The number of ether oxygens (including phenoxy) is 2. The number of carbonyl (C=O) groups is 1. The smallest absolute Gasteiger partial charge is 0.266 e. The Labute approximate surface area is 196 Å². The Morgan fingerprint density at radius 1 is 1.06 bits per heavy atom. The first-order valence-electron chi connectivity index (χ1n) is 10.8. The summed E-state index contributed by atoms with van der Waals surface area (Å²) in [6.45, 7) is 4.10. The second-order valence-electron chi connectivity index (χ2n) is 8.05. The van der Waals surface area contributed by atoms with E-state index in [1.54, 1.807) is 43.5 Å². The van der Waals surface area contributed by atoms with Gasteiger partial charge in [-0.15, -0.1) is 0 Å². The highest BCUT2D eigenvalue weighted by atomic mass is 16.5. The number of nitrogens with zero attached hydrogens (tertiary/aromatic N) is 3. The SMILES string of the molecule is COc1ccc(COc2ccc3c(=O)n(-c4ccc(C#N)cc4)c(C(C)C)nc3c2C=O)cc1. The normalized spacial score (nSPS) is 10.8. The Bertz CT molecular complexity index is 1450. The standard InChI is InChI=1S/C27H23N3O4/c1-17(2)26-29-25-22(27(32)30(26)20-8-4-18(14-28)5-9-20)12-13-24(23(25)15-31)34-16-19-6-10-21(33-3)11-7-19/h4-13,15,17H,16H2,1-3H3. The van der Waals surface area contributed by atoms with E-state index in [0.717, 1.165) is 11.3 Å². The van der Waals surface area contributed by atoms with Gasteiger partial charge in [-0.25, -0.2) is 4.98 Å². The summed E-state index contributed by atoms with van der Waals surface area (Å²) < 4.78 is 12.6. The maximum atomic E-state index is 13.5. The maximum Gasteiger partial charge on any atom is 0.266 e. The molecule has 3 aromatic carbocycles. The van der Waals surface area contributed by atoms with E-state index in [1.807, 2.05) is 38.1 Å². The molecular formula is C27H23N3O4. The van der Waals surface area contributed by atoms with Crippen molar-refractivity contribution in [3.05, 3.63) is 93.5 Å². The van der Waals surface area contributed by atoms with Gasteiger partial charge >= 0.3 is 0 Å². The summed E-state index contributed by atoms with van der Waals surface area (Å²) >= 11 is 0. The number of aromatic nitrogens is 2. The lowest BCUT2D eigenvalue weighted by atomic mass is 10.1. The lowest BCUT2D eigenvalue weighted by Gasteiger charge is -2.17.